The van der Waals surface area contributed by atoms with E-state index in [1.807, 2.05) is 73.8 Å². The summed E-state index contributed by atoms with van der Waals surface area (Å²) in [6.45, 7) is 0.215. The van der Waals surface area contributed by atoms with Crippen LogP contribution in [0.4, 0.5) is 0 Å². The number of hydrogen-bond donors (Lipinski definition) is 1. The molecule has 0 saturated carbocycles. The summed E-state index contributed by atoms with van der Waals surface area (Å²) >= 11 is 1.28. The summed E-state index contributed by atoms with van der Waals surface area (Å²) in [7, 11) is 5.06. The summed E-state index contributed by atoms with van der Waals surface area (Å²) < 4.78 is 12.4. The number of nitrogens with zero attached hydrogens (tertiary/aromatic N) is 5. The number of amides is 2. The van der Waals surface area contributed by atoms with Crippen molar-refractivity contribution in [3.8, 4) is 11.5 Å². The summed E-state index contributed by atoms with van der Waals surface area (Å²) in [6, 6.07) is 24.1. The molecule has 2 amide bonds. The van der Waals surface area contributed by atoms with Gasteiger partial charge in [0.05, 0.1) is 38.3 Å². The van der Waals surface area contributed by atoms with Gasteiger partial charge in [-0.3, -0.25) is 9.59 Å². The van der Waals surface area contributed by atoms with E-state index in [1.165, 1.54) is 11.8 Å². The number of aromatic nitrogens is 3. The fraction of sp³-hybridized carbons (Fsp3) is 0.233. The van der Waals surface area contributed by atoms with E-state index < -0.39 is 0 Å². The molecule has 210 valence electrons. The van der Waals surface area contributed by atoms with Crippen molar-refractivity contribution in [1.82, 2.24) is 25.1 Å². The zero-order valence-corrected chi connectivity index (χ0v) is 23.8. The highest BCUT2D eigenvalue weighted by Gasteiger charge is 2.33. The van der Waals surface area contributed by atoms with Gasteiger partial charge in [-0.2, -0.15) is 5.10 Å². The molecule has 0 saturated heterocycles. The van der Waals surface area contributed by atoms with Crippen LogP contribution in [0.3, 0.4) is 0 Å². The van der Waals surface area contributed by atoms with E-state index in [-0.39, 0.29) is 30.2 Å². The molecule has 4 aromatic rings. The number of ether oxygens (including phenoxy) is 2. The molecule has 1 N–H and O–H groups in total. The highest BCUT2D eigenvalue weighted by molar-refractivity contribution is 7.99. The number of nitrogens with one attached hydrogen (secondary N) is 1. The fourth-order valence-corrected chi connectivity index (χ4v) is 5.23. The first-order chi connectivity index (χ1) is 20.0. The van der Waals surface area contributed by atoms with Gasteiger partial charge >= 0.3 is 0 Å². The van der Waals surface area contributed by atoms with E-state index in [9.17, 15) is 9.59 Å². The molecule has 10 nitrogen and oxygen atoms in total. The second-order valence-corrected chi connectivity index (χ2v) is 10.2. The molecular weight excluding hydrogens is 540 g/mol. The Kier molecular flexibility index (Phi) is 8.64. The van der Waals surface area contributed by atoms with Crippen LogP contribution in [0.2, 0.25) is 0 Å². The molecule has 1 aromatic heterocycles. The molecule has 11 heteroatoms. The van der Waals surface area contributed by atoms with Crippen molar-refractivity contribution in [3.63, 3.8) is 0 Å². The van der Waals surface area contributed by atoms with Gasteiger partial charge in [0.25, 0.3) is 11.8 Å². The van der Waals surface area contributed by atoms with E-state index in [4.69, 9.17) is 14.6 Å². The summed E-state index contributed by atoms with van der Waals surface area (Å²) in [5.74, 6) is 1.86. The molecule has 1 aliphatic rings. The van der Waals surface area contributed by atoms with Crippen LogP contribution in [0, 0.1) is 0 Å². The van der Waals surface area contributed by atoms with Gasteiger partial charge in [0.1, 0.15) is 11.5 Å². The smallest absolute Gasteiger partial charge is 0.253 e. The standard InChI is InChI=1S/C30H30N6O4S/c1-35-27(18-31-29(38)22-7-5-4-6-8-22)32-33-30(35)41-19-28(37)36-26(21-11-15-24(40-3)16-12-21)17-25(34-36)20-9-13-23(39-2)14-10-20/h4-16,26H,17-19H2,1-3H3,(H,31,38). The molecule has 1 aliphatic heterocycles. The van der Waals surface area contributed by atoms with Crippen molar-refractivity contribution in [3.05, 3.63) is 101 Å². The van der Waals surface area contributed by atoms with Crippen LogP contribution in [0.15, 0.2) is 89.1 Å². The minimum atomic E-state index is -0.255. The van der Waals surface area contributed by atoms with Gasteiger partial charge in [0, 0.05) is 19.0 Å². The molecule has 1 unspecified atom stereocenters. The molecule has 1 atom stereocenters. The van der Waals surface area contributed by atoms with Gasteiger partial charge in [0.2, 0.25) is 0 Å². The van der Waals surface area contributed by atoms with E-state index >= 15 is 0 Å². The molecular formula is C30H30N6O4S. The predicted molar refractivity (Wildman–Crippen MR) is 156 cm³/mol. The van der Waals surface area contributed by atoms with Crippen LogP contribution < -0.4 is 14.8 Å². The van der Waals surface area contributed by atoms with Gasteiger partial charge in [-0.15, -0.1) is 10.2 Å². The van der Waals surface area contributed by atoms with E-state index in [1.54, 1.807) is 35.9 Å². The number of benzene rings is 3. The highest BCUT2D eigenvalue weighted by atomic mass is 32.2. The van der Waals surface area contributed by atoms with Crippen molar-refractivity contribution in [2.45, 2.75) is 24.2 Å². The summed E-state index contributed by atoms with van der Waals surface area (Å²) in [5, 5.41) is 18.2. The first-order valence-corrected chi connectivity index (χ1v) is 14.0. The van der Waals surface area contributed by atoms with Gasteiger partial charge in [0.15, 0.2) is 11.0 Å². The van der Waals surface area contributed by atoms with Crippen molar-refractivity contribution >= 4 is 29.3 Å². The first kappa shape index (κ1) is 27.9. The second-order valence-electron chi connectivity index (χ2n) is 9.30. The van der Waals surface area contributed by atoms with Crippen LogP contribution in [-0.4, -0.2) is 57.3 Å². The first-order valence-electron chi connectivity index (χ1n) is 13.0. The minimum Gasteiger partial charge on any atom is -0.497 e. The average Bonchev–Trinajstić information content (AvgIpc) is 3.63. The Morgan fingerprint density at radius 3 is 2.24 bits per heavy atom. The Hall–Kier alpha value is -4.64. The summed E-state index contributed by atoms with van der Waals surface area (Å²) in [4.78, 5) is 25.9. The summed E-state index contributed by atoms with van der Waals surface area (Å²) in [6.07, 6.45) is 0.574. The molecule has 3 aromatic carbocycles. The van der Waals surface area contributed by atoms with E-state index in [2.05, 4.69) is 15.5 Å². The molecule has 2 heterocycles. The quantitative estimate of drug-likeness (QED) is 0.284. The molecule has 0 aliphatic carbocycles. The molecule has 41 heavy (non-hydrogen) atoms. The van der Waals surface area contributed by atoms with Crippen molar-refractivity contribution in [1.29, 1.82) is 0 Å². The summed E-state index contributed by atoms with van der Waals surface area (Å²) in [5.41, 5.74) is 3.29. The van der Waals surface area contributed by atoms with Crippen LogP contribution in [0.5, 0.6) is 11.5 Å². The molecule has 0 spiro atoms. The Bertz CT molecular complexity index is 1540. The molecule has 0 radical (unpaired) electrons. The largest absolute Gasteiger partial charge is 0.497 e. The normalized spacial score (nSPS) is 14.5. The Labute approximate surface area is 242 Å². The highest BCUT2D eigenvalue weighted by Crippen LogP contribution is 2.34. The predicted octanol–water partition coefficient (Wildman–Crippen LogP) is 4.23. The van der Waals surface area contributed by atoms with Crippen molar-refractivity contribution in [2.75, 3.05) is 20.0 Å². The van der Waals surface area contributed by atoms with E-state index in [0.29, 0.717) is 23.0 Å². The lowest BCUT2D eigenvalue weighted by atomic mass is 9.98. The number of thioether (sulfide) groups is 1. The van der Waals surface area contributed by atoms with Gasteiger partial charge in [-0.05, 0) is 59.7 Å². The number of rotatable bonds is 10. The monoisotopic (exact) mass is 570 g/mol. The molecule has 0 bridgehead atoms. The molecule has 0 fully saturated rings. The lowest BCUT2D eigenvalue weighted by Crippen LogP contribution is -2.28. The van der Waals surface area contributed by atoms with Crippen LogP contribution in [0.1, 0.15) is 39.8 Å². The zero-order valence-electron chi connectivity index (χ0n) is 23.0. The number of methoxy groups -OCH3 is 2. The Balaban J connectivity index is 1.28. The minimum absolute atomic E-state index is 0.119. The van der Waals surface area contributed by atoms with Gasteiger partial charge in [-0.1, -0.05) is 42.1 Å². The molecule has 5 rings (SSSR count). The number of carbonyl (C=O) groups excluding carboxylic acids is 2. The Morgan fingerprint density at radius 1 is 0.927 bits per heavy atom. The van der Waals surface area contributed by atoms with Crippen molar-refractivity contribution < 1.29 is 19.1 Å². The number of hydrazone groups is 1. The zero-order chi connectivity index (χ0) is 28.8. The number of hydrogen-bond acceptors (Lipinski definition) is 8. The lowest BCUT2D eigenvalue weighted by Gasteiger charge is -2.22. The van der Waals surface area contributed by atoms with Crippen molar-refractivity contribution in [2.24, 2.45) is 12.1 Å². The maximum Gasteiger partial charge on any atom is 0.253 e. The fourth-order valence-electron chi connectivity index (χ4n) is 4.45. The third-order valence-electron chi connectivity index (χ3n) is 6.78. The maximum atomic E-state index is 13.5. The SMILES string of the molecule is COc1ccc(C2=NN(C(=O)CSc3nnc(CNC(=O)c4ccccc4)n3C)C(c3ccc(OC)cc3)C2)cc1. The number of carbonyl (C=O) groups is 2. The lowest BCUT2D eigenvalue weighted by molar-refractivity contribution is -0.130. The van der Waals surface area contributed by atoms with Crippen LogP contribution in [0.25, 0.3) is 0 Å². The third kappa shape index (κ3) is 6.41. The second kappa shape index (κ2) is 12.7. The third-order valence-corrected chi connectivity index (χ3v) is 7.79. The van der Waals surface area contributed by atoms with Gasteiger partial charge < -0.3 is 19.4 Å². The average molecular weight is 571 g/mol. The topological polar surface area (TPSA) is 111 Å². The Morgan fingerprint density at radius 2 is 1.59 bits per heavy atom. The van der Waals surface area contributed by atoms with Crippen LogP contribution in [-0.2, 0) is 18.4 Å². The van der Waals surface area contributed by atoms with Crippen LogP contribution >= 0.6 is 11.8 Å². The van der Waals surface area contributed by atoms with E-state index in [0.717, 1.165) is 28.3 Å². The van der Waals surface area contributed by atoms with Gasteiger partial charge in [-0.25, -0.2) is 5.01 Å². The maximum absolute atomic E-state index is 13.5.